The fraction of sp³-hybridized carbons (Fsp3) is 0.471. The van der Waals surface area contributed by atoms with E-state index in [9.17, 15) is 19.2 Å². The summed E-state index contributed by atoms with van der Waals surface area (Å²) in [5.74, 6) is -2.15. The number of rotatable bonds is 4. The van der Waals surface area contributed by atoms with Crippen LogP contribution in [0.15, 0.2) is 18.3 Å². The molecule has 0 saturated heterocycles. The van der Waals surface area contributed by atoms with Crippen molar-refractivity contribution in [1.82, 2.24) is 15.2 Å². The second kappa shape index (κ2) is 9.36. The molecule has 2 rings (SSSR count). The van der Waals surface area contributed by atoms with Crippen molar-refractivity contribution in [2.45, 2.75) is 31.4 Å². The molecule has 1 aromatic heterocycles. The van der Waals surface area contributed by atoms with Crippen molar-refractivity contribution in [2.24, 2.45) is 11.7 Å². The molecular formula is C17H22ClN5O5. The molecule has 0 aromatic carbocycles. The lowest BCUT2D eigenvalue weighted by Gasteiger charge is -2.35. The van der Waals surface area contributed by atoms with Gasteiger partial charge in [0.2, 0.25) is 5.91 Å². The highest BCUT2D eigenvalue weighted by molar-refractivity contribution is 6.39. The molecule has 1 saturated carbocycles. The monoisotopic (exact) mass is 411 g/mol. The third-order valence-electron chi connectivity index (χ3n) is 4.34. The fourth-order valence-electron chi connectivity index (χ4n) is 3.02. The first-order chi connectivity index (χ1) is 13.2. The standard InChI is InChI=1S/C17H22ClN5O5/c1-23(2)16(26)9-3-5-11(12(7-9)28-17(19)27)21-14(24)15(25)22-13-6-4-10(18)8-20-13/h4,6,8-9,11-12H,3,5,7H2,1-2H3,(H2,19,27)(H,21,24)(H,20,22,25)/t9-,11-,12+/m0/s1. The summed E-state index contributed by atoms with van der Waals surface area (Å²) in [5, 5.41) is 5.26. The first kappa shape index (κ1) is 21.4. The largest absolute Gasteiger partial charge is 0.444 e. The maximum atomic E-state index is 12.2. The van der Waals surface area contributed by atoms with Crippen molar-refractivity contribution >= 4 is 41.2 Å². The van der Waals surface area contributed by atoms with E-state index in [1.807, 2.05) is 0 Å². The van der Waals surface area contributed by atoms with Crippen molar-refractivity contribution < 1.29 is 23.9 Å². The van der Waals surface area contributed by atoms with Gasteiger partial charge in [-0.05, 0) is 31.4 Å². The van der Waals surface area contributed by atoms with Crippen LogP contribution >= 0.6 is 11.6 Å². The van der Waals surface area contributed by atoms with Gasteiger partial charge in [-0.1, -0.05) is 11.6 Å². The molecule has 4 N–H and O–H groups in total. The molecular weight excluding hydrogens is 390 g/mol. The van der Waals surface area contributed by atoms with E-state index in [2.05, 4.69) is 15.6 Å². The van der Waals surface area contributed by atoms with Crippen LogP contribution in [0.5, 0.6) is 0 Å². The number of anilines is 1. The molecule has 1 fully saturated rings. The van der Waals surface area contributed by atoms with Crippen LogP contribution < -0.4 is 16.4 Å². The van der Waals surface area contributed by atoms with E-state index >= 15 is 0 Å². The van der Waals surface area contributed by atoms with Gasteiger partial charge in [0.1, 0.15) is 11.9 Å². The van der Waals surface area contributed by atoms with E-state index in [4.69, 9.17) is 22.1 Å². The fourth-order valence-corrected chi connectivity index (χ4v) is 3.13. The first-order valence-corrected chi connectivity index (χ1v) is 8.95. The second-order valence-electron chi connectivity index (χ2n) is 6.61. The minimum atomic E-state index is -1.02. The Hall–Kier alpha value is -2.88. The van der Waals surface area contributed by atoms with E-state index in [1.54, 1.807) is 14.1 Å². The van der Waals surface area contributed by atoms with Crippen molar-refractivity contribution in [3.8, 4) is 0 Å². The van der Waals surface area contributed by atoms with Gasteiger partial charge >= 0.3 is 17.9 Å². The lowest BCUT2D eigenvalue weighted by atomic mass is 9.83. The van der Waals surface area contributed by atoms with Crippen LogP contribution in [0.3, 0.4) is 0 Å². The Kier molecular flexibility index (Phi) is 7.16. The number of halogens is 1. The van der Waals surface area contributed by atoms with Crippen molar-refractivity contribution in [2.75, 3.05) is 19.4 Å². The van der Waals surface area contributed by atoms with Crippen LogP contribution in [0, 0.1) is 5.92 Å². The average molecular weight is 412 g/mol. The number of nitrogens with two attached hydrogens (primary N) is 1. The number of hydrogen-bond donors (Lipinski definition) is 3. The van der Waals surface area contributed by atoms with Crippen LogP contribution in [0.2, 0.25) is 5.02 Å². The molecule has 0 radical (unpaired) electrons. The predicted octanol–water partition coefficient (Wildman–Crippen LogP) is 0.511. The molecule has 0 aliphatic heterocycles. The zero-order valence-electron chi connectivity index (χ0n) is 15.5. The Morgan fingerprint density at radius 2 is 1.93 bits per heavy atom. The lowest BCUT2D eigenvalue weighted by molar-refractivity contribution is -0.139. The van der Waals surface area contributed by atoms with Crippen LogP contribution in [-0.4, -0.2) is 59.9 Å². The third kappa shape index (κ3) is 5.81. The number of hydrogen-bond acceptors (Lipinski definition) is 6. The van der Waals surface area contributed by atoms with Gasteiger partial charge in [-0.25, -0.2) is 9.78 Å². The number of nitrogens with one attached hydrogen (secondary N) is 2. The quantitative estimate of drug-likeness (QED) is 0.616. The highest BCUT2D eigenvalue weighted by Crippen LogP contribution is 2.28. The number of primary amides is 1. The number of ether oxygens (including phenoxy) is 1. The van der Waals surface area contributed by atoms with Gasteiger partial charge in [0, 0.05) is 26.2 Å². The van der Waals surface area contributed by atoms with Gasteiger partial charge in [0.25, 0.3) is 0 Å². The summed E-state index contributed by atoms with van der Waals surface area (Å²) in [6, 6.07) is 2.32. The van der Waals surface area contributed by atoms with E-state index in [1.165, 1.54) is 23.2 Å². The summed E-state index contributed by atoms with van der Waals surface area (Å²) in [5.41, 5.74) is 5.10. The maximum Gasteiger partial charge on any atom is 0.404 e. The van der Waals surface area contributed by atoms with Crippen LogP contribution in [-0.2, 0) is 19.1 Å². The zero-order valence-corrected chi connectivity index (χ0v) is 16.2. The summed E-state index contributed by atoms with van der Waals surface area (Å²) >= 11 is 5.72. The number of carbonyl (C=O) groups is 4. The third-order valence-corrected chi connectivity index (χ3v) is 4.56. The predicted molar refractivity (Wildman–Crippen MR) is 100 cm³/mol. The molecule has 1 aliphatic carbocycles. The second-order valence-corrected chi connectivity index (χ2v) is 7.05. The molecule has 0 bridgehead atoms. The summed E-state index contributed by atoms with van der Waals surface area (Å²) < 4.78 is 5.07. The van der Waals surface area contributed by atoms with E-state index in [0.29, 0.717) is 17.9 Å². The molecule has 0 spiro atoms. The molecule has 0 unspecified atom stereocenters. The number of aromatic nitrogens is 1. The molecule has 28 heavy (non-hydrogen) atoms. The smallest absolute Gasteiger partial charge is 0.404 e. The minimum absolute atomic E-state index is 0.102. The minimum Gasteiger partial charge on any atom is -0.444 e. The van der Waals surface area contributed by atoms with Gasteiger partial charge in [0.05, 0.1) is 11.1 Å². The normalized spacial score (nSPS) is 21.3. The lowest BCUT2D eigenvalue weighted by Crippen LogP contribution is -2.53. The van der Waals surface area contributed by atoms with Crippen LogP contribution in [0.4, 0.5) is 10.6 Å². The highest BCUT2D eigenvalue weighted by Gasteiger charge is 2.38. The molecule has 4 amide bonds. The van der Waals surface area contributed by atoms with Crippen LogP contribution in [0.25, 0.3) is 0 Å². The highest BCUT2D eigenvalue weighted by atomic mass is 35.5. The summed E-state index contributed by atoms with van der Waals surface area (Å²) in [6.07, 6.45) is 0.518. The van der Waals surface area contributed by atoms with Gasteiger partial charge < -0.3 is 26.0 Å². The Morgan fingerprint density at radius 1 is 1.21 bits per heavy atom. The zero-order chi connectivity index (χ0) is 20.8. The molecule has 10 nitrogen and oxygen atoms in total. The molecule has 11 heteroatoms. The Bertz CT molecular complexity index is 755. The van der Waals surface area contributed by atoms with Crippen molar-refractivity contribution in [3.63, 3.8) is 0 Å². The van der Waals surface area contributed by atoms with E-state index < -0.39 is 30.1 Å². The molecule has 1 heterocycles. The van der Waals surface area contributed by atoms with E-state index in [-0.39, 0.29) is 24.1 Å². The summed E-state index contributed by atoms with van der Waals surface area (Å²) in [4.78, 5) is 53.0. The molecule has 3 atom stereocenters. The molecule has 1 aromatic rings. The van der Waals surface area contributed by atoms with Crippen molar-refractivity contribution in [3.05, 3.63) is 23.4 Å². The maximum absolute atomic E-state index is 12.2. The van der Waals surface area contributed by atoms with Gasteiger partial charge in [-0.3, -0.25) is 14.4 Å². The van der Waals surface area contributed by atoms with E-state index in [0.717, 1.165) is 0 Å². The Balaban J connectivity index is 2.00. The Morgan fingerprint density at radius 3 is 2.50 bits per heavy atom. The summed E-state index contributed by atoms with van der Waals surface area (Å²) in [6.45, 7) is 0. The van der Waals surface area contributed by atoms with Crippen LogP contribution in [0.1, 0.15) is 19.3 Å². The molecule has 1 aliphatic rings. The number of amides is 4. The van der Waals surface area contributed by atoms with Crippen molar-refractivity contribution in [1.29, 1.82) is 0 Å². The molecule has 152 valence electrons. The Labute approximate surface area is 166 Å². The number of nitrogens with zero attached hydrogens (tertiary/aromatic N) is 2. The summed E-state index contributed by atoms with van der Waals surface area (Å²) in [7, 11) is 3.27. The number of pyridine rings is 1. The van der Waals surface area contributed by atoms with Gasteiger partial charge in [-0.2, -0.15) is 0 Å². The van der Waals surface area contributed by atoms with Gasteiger partial charge in [-0.15, -0.1) is 0 Å². The first-order valence-electron chi connectivity index (χ1n) is 8.58. The number of carbonyl (C=O) groups excluding carboxylic acids is 4. The topological polar surface area (TPSA) is 144 Å². The van der Waals surface area contributed by atoms with Gasteiger partial charge in [0.15, 0.2) is 0 Å². The average Bonchev–Trinajstić information content (AvgIpc) is 2.63. The SMILES string of the molecule is CN(C)C(=O)[C@H]1CC[C@H](NC(=O)C(=O)Nc2ccc(Cl)cn2)[C@H](OC(N)=O)C1.